The van der Waals surface area contributed by atoms with Crippen molar-refractivity contribution in [2.24, 2.45) is 0 Å². The zero-order chi connectivity index (χ0) is 26.3. The van der Waals surface area contributed by atoms with Crippen molar-refractivity contribution in [2.75, 3.05) is 50.7 Å². The number of carbonyl (C=O) groups is 1. The second-order valence-corrected chi connectivity index (χ2v) is 10.4. The molecule has 3 aromatic carbocycles. The Morgan fingerprint density at radius 2 is 1.63 bits per heavy atom. The second-order valence-electron chi connectivity index (χ2n) is 10.00. The van der Waals surface area contributed by atoms with Gasteiger partial charge in [-0.15, -0.1) is 0 Å². The number of halogens is 1. The minimum Gasteiger partial charge on any atom is -0.372 e. The molecular formula is C31H33ClN4O2. The van der Waals surface area contributed by atoms with Crippen LogP contribution in [0.2, 0.25) is 5.02 Å². The lowest BCUT2D eigenvalue weighted by molar-refractivity contribution is 0.00344. The summed E-state index contributed by atoms with van der Waals surface area (Å²) in [5.74, 6) is 0.0493. The molecule has 2 aliphatic heterocycles. The Bertz CT molecular complexity index is 1260. The standard InChI is InChI=1S/C31H33ClN4O2/c32-28-12-10-26(11-13-28)31(37)36-18-16-34(17-19-36)22-30(38-23-25-8-6-24(21-33)7-9-25)27-4-3-5-29(20-27)35-14-1-2-15-35/h3-13,20,30H,1-2,14-19,22-23H2. The first kappa shape index (κ1) is 26.2. The van der Waals surface area contributed by atoms with E-state index in [2.05, 4.69) is 40.1 Å². The third-order valence-corrected chi connectivity index (χ3v) is 7.67. The molecule has 38 heavy (non-hydrogen) atoms. The fourth-order valence-corrected chi connectivity index (χ4v) is 5.29. The summed E-state index contributed by atoms with van der Waals surface area (Å²) < 4.78 is 6.53. The van der Waals surface area contributed by atoms with E-state index >= 15 is 0 Å². The molecule has 2 aliphatic rings. The predicted octanol–water partition coefficient (Wildman–Crippen LogP) is 5.53. The van der Waals surface area contributed by atoms with Gasteiger partial charge < -0.3 is 14.5 Å². The lowest BCUT2D eigenvalue weighted by atomic mass is 10.1. The number of hydrogen-bond donors (Lipinski definition) is 0. The van der Waals surface area contributed by atoms with Crippen LogP contribution in [-0.4, -0.2) is 61.5 Å². The van der Waals surface area contributed by atoms with E-state index in [1.165, 1.54) is 24.1 Å². The molecule has 1 unspecified atom stereocenters. The molecule has 2 saturated heterocycles. The molecule has 1 amide bonds. The van der Waals surface area contributed by atoms with Gasteiger partial charge in [-0.3, -0.25) is 9.69 Å². The molecule has 3 aromatic rings. The van der Waals surface area contributed by atoms with E-state index in [0.717, 1.165) is 38.3 Å². The third-order valence-electron chi connectivity index (χ3n) is 7.42. The van der Waals surface area contributed by atoms with Gasteiger partial charge in [-0.2, -0.15) is 5.26 Å². The molecule has 2 fully saturated rings. The first-order valence-corrected chi connectivity index (χ1v) is 13.7. The van der Waals surface area contributed by atoms with Crippen molar-refractivity contribution >= 4 is 23.2 Å². The Labute approximate surface area is 230 Å². The summed E-state index contributed by atoms with van der Waals surface area (Å²) in [6.45, 7) is 6.37. The van der Waals surface area contributed by atoms with Crippen LogP contribution in [0.5, 0.6) is 0 Å². The first-order valence-electron chi connectivity index (χ1n) is 13.3. The number of nitrogens with zero attached hydrogens (tertiary/aromatic N) is 4. The third kappa shape index (κ3) is 6.54. The molecule has 5 rings (SSSR count). The van der Waals surface area contributed by atoms with Crippen LogP contribution in [0.4, 0.5) is 5.69 Å². The van der Waals surface area contributed by atoms with Gasteiger partial charge in [-0.05, 0) is 72.5 Å². The van der Waals surface area contributed by atoms with E-state index in [4.69, 9.17) is 21.6 Å². The smallest absolute Gasteiger partial charge is 0.253 e. The molecule has 0 radical (unpaired) electrons. The monoisotopic (exact) mass is 528 g/mol. The van der Waals surface area contributed by atoms with Gasteiger partial charge in [0.2, 0.25) is 0 Å². The SMILES string of the molecule is N#Cc1ccc(COC(CN2CCN(C(=O)c3ccc(Cl)cc3)CC2)c2cccc(N3CCCC3)c2)cc1. The lowest BCUT2D eigenvalue weighted by Gasteiger charge is -2.36. The maximum atomic E-state index is 12.9. The highest BCUT2D eigenvalue weighted by atomic mass is 35.5. The van der Waals surface area contributed by atoms with E-state index in [1.807, 2.05) is 29.2 Å². The average Bonchev–Trinajstić information content (AvgIpc) is 3.51. The first-order chi connectivity index (χ1) is 18.6. The van der Waals surface area contributed by atoms with Crippen molar-refractivity contribution in [1.82, 2.24) is 9.80 Å². The zero-order valence-electron chi connectivity index (χ0n) is 21.6. The number of anilines is 1. The van der Waals surface area contributed by atoms with Crippen molar-refractivity contribution in [2.45, 2.75) is 25.6 Å². The highest BCUT2D eigenvalue weighted by Crippen LogP contribution is 2.28. The predicted molar refractivity (Wildman–Crippen MR) is 150 cm³/mol. The van der Waals surface area contributed by atoms with Crippen LogP contribution in [0, 0.1) is 11.3 Å². The summed E-state index contributed by atoms with van der Waals surface area (Å²) in [5, 5.41) is 9.73. The van der Waals surface area contributed by atoms with E-state index in [0.29, 0.717) is 35.8 Å². The molecule has 0 aromatic heterocycles. The number of rotatable bonds is 8. The van der Waals surface area contributed by atoms with Gasteiger partial charge in [0.1, 0.15) is 0 Å². The summed E-state index contributed by atoms with van der Waals surface area (Å²) in [5.41, 5.74) is 4.79. The maximum Gasteiger partial charge on any atom is 0.253 e. The summed E-state index contributed by atoms with van der Waals surface area (Å²) in [6, 6.07) is 25.6. The summed E-state index contributed by atoms with van der Waals surface area (Å²) in [6.07, 6.45) is 2.37. The van der Waals surface area contributed by atoms with Crippen LogP contribution in [0.3, 0.4) is 0 Å². The van der Waals surface area contributed by atoms with Crippen molar-refractivity contribution in [3.8, 4) is 6.07 Å². The van der Waals surface area contributed by atoms with Gasteiger partial charge >= 0.3 is 0 Å². The average molecular weight is 529 g/mol. The Morgan fingerprint density at radius 3 is 2.32 bits per heavy atom. The molecule has 1 atom stereocenters. The molecule has 0 aliphatic carbocycles. The number of amides is 1. The minimum absolute atomic E-state index is 0.0493. The van der Waals surface area contributed by atoms with E-state index in [-0.39, 0.29) is 12.0 Å². The molecule has 2 heterocycles. The van der Waals surface area contributed by atoms with Crippen molar-refractivity contribution < 1.29 is 9.53 Å². The summed E-state index contributed by atoms with van der Waals surface area (Å²) >= 11 is 5.99. The largest absolute Gasteiger partial charge is 0.372 e. The molecule has 0 bridgehead atoms. The quantitative estimate of drug-likeness (QED) is 0.385. The van der Waals surface area contributed by atoms with Gasteiger partial charge in [0, 0.05) is 62.1 Å². The van der Waals surface area contributed by atoms with E-state index in [1.54, 1.807) is 24.3 Å². The topological polar surface area (TPSA) is 59.8 Å². The summed E-state index contributed by atoms with van der Waals surface area (Å²) in [4.78, 5) is 19.7. The molecule has 0 N–H and O–H groups in total. The van der Waals surface area contributed by atoms with Gasteiger partial charge in [0.05, 0.1) is 24.3 Å². The number of benzene rings is 3. The van der Waals surface area contributed by atoms with Gasteiger partial charge in [0.25, 0.3) is 5.91 Å². The number of hydrogen-bond acceptors (Lipinski definition) is 5. The second kappa shape index (κ2) is 12.4. The van der Waals surface area contributed by atoms with Crippen molar-refractivity contribution in [3.05, 3.63) is 100 Å². The lowest BCUT2D eigenvalue weighted by Crippen LogP contribution is -2.49. The van der Waals surface area contributed by atoms with Crippen LogP contribution in [0.15, 0.2) is 72.8 Å². The van der Waals surface area contributed by atoms with Crippen LogP contribution < -0.4 is 4.90 Å². The highest BCUT2D eigenvalue weighted by Gasteiger charge is 2.25. The van der Waals surface area contributed by atoms with Gasteiger partial charge in [-0.1, -0.05) is 35.9 Å². The van der Waals surface area contributed by atoms with Crippen LogP contribution in [0.1, 0.15) is 46.0 Å². The Hall–Kier alpha value is -3.37. The molecule has 0 spiro atoms. The molecule has 7 heteroatoms. The number of piperazine rings is 1. The number of carbonyl (C=O) groups excluding carboxylic acids is 1. The fraction of sp³-hybridized carbons (Fsp3) is 0.355. The molecule has 196 valence electrons. The zero-order valence-corrected chi connectivity index (χ0v) is 22.3. The van der Waals surface area contributed by atoms with Crippen molar-refractivity contribution in [1.29, 1.82) is 5.26 Å². The molecule has 0 saturated carbocycles. The Morgan fingerprint density at radius 1 is 0.921 bits per heavy atom. The van der Waals surface area contributed by atoms with Crippen LogP contribution >= 0.6 is 11.6 Å². The molecular weight excluding hydrogens is 496 g/mol. The highest BCUT2D eigenvalue weighted by molar-refractivity contribution is 6.30. The van der Waals surface area contributed by atoms with E-state index < -0.39 is 0 Å². The molecule has 6 nitrogen and oxygen atoms in total. The Balaban J connectivity index is 1.26. The maximum absolute atomic E-state index is 12.9. The van der Waals surface area contributed by atoms with Crippen molar-refractivity contribution in [3.63, 3.8) is 0 Å². The van der Waals surface area contributed by atoms with Gasteiger partial charge in [0.15, 0.2) is 0 Å². The van der Waals surface area contributed by atoms with Crippen LogP contribution in [-0.2, 0) is 11.3 Å². The van der Waals surface area contributed by atoms with Gasteiger partial charge in [-0.25, -0.2) is 0 Å². The number of nitriles is 1. The number of ether oxygens (including phenoxy) is 1. The fourth-order valence-electron chi connectivity index (χ4n) is 5.17. The normalized spacial score (nSPS) is 16.8. The van der Waals surface area contributed by atoms with Crippen LogP contribution in [0.25, 0.3) is 0 Å². The summed E-state index contributed by atoms with van der Waals surface area (Å²) in [7, 11) is 0. The minimum atomic E-state index is -0.105. The van der Waals surface area contributed by atoms with E-state index in [9.17, 15) is 4.79 Å². The Kier molecular flexibility index (Phi) is 8.60.